The van der Waals surface area contributed by atoms with E-state index in [9.17, 15) is 9.59 Å². The van der Waals surface area contributed by atoms with Crippen LogP contribution in [0.3, 0.4) is 0 Å². The van der Waals surface area contributed by atoms with Crippen LogP contribution in [-0.4, -0.2) is 11.8 Å². The van der Waals surface area contributed by atoms with Crippen molar-refractivity contribution in [1.82, 2.24) is 0 Å². The van der Waals surface area contributed by atoms with Crippen LogP contribution in [0.5, 0.6) is 0 Å². The minimum Gasteiger partial charge on any atom is -0.370 e. The van der Waals surface area contributed by atoms with Crippen LogP contribution >= 0.6 is 0 Å². The molecular formula is C50H86N2O2. The Morgan fingerprint density at radius 2 is 0.481 bits per heavy atom. The van der Waals surface area contributed by atoms with E-state index in [0.29, 0.717) is 12.8 Å². The molecule has 0 aromatic heterocycles. The number of unbranched alkanes of at least 4 members (excludes halogenated alkanes) is 32. The summed E-state index contributed by atoms with van der Waals surface area (Å²) in [5.41, 5.74) is 10.2. The zero-order valence-electron chi connectivity index (χ0n) is 35.8. The number of carbonyl (C=O) groups excluding carboxylic acids is 2. The van der Waals surface area contributed by atoms with E-state index in [4.69, 9.17) is 11.5 Å². The summed E-state index contributed by atoms with van der Waals surface area (Å²) in [6.45, 7) is 4.55. The Balaban J connectivity index is 0. The molecular weight excluding hydrogens is 661 g/mol. The summed E-state index contributed by atoms with van der Waals surface area (Å²) in [6, 6.07) is 0. The van der Waals surface area contributed by atoms with Gasteiger partial charge in [-0.2, -0.15) is 0 Å². The second kappa shape index (κ2) is 50.2. The third kappa shape index (κ3) is 55.9. The van der Waals surface area contributed by atoms with Crippen LogP contribution in [0, 0.1) is 47.4 Å². The molecule has 0 bridgehead atoms. The van der Waals surface area contributed by atoms with Gasteiger partial charge in [-0.15, -0.1) is 0 Å². The number of nitrogens with two attached hydrogens (primary N) is 2. The average Bonchev–Trinajstić information content (AvgIpc) is 3.15. The van der Waals surface area contributed by atoms with Crippen LogP contribution in [0.1, 0.15) is 258 Å². The quantitative estimate of drug-likeness (QED) is 0.0494. The van der Waals surface area contributed by atoms with Gasteiger partial charge in [0.25, 0.3) is 0 Å². The summed E-state index contributed by atoms with van der Waals surface area (Å²) in [7, 11) is 0. The molecule has 0 saturated carbocycles. The van der Waals surface area contributed by atoms with Crippen LogP contribution in [-0.2, 0) is 9.59 Å². The van der Waals surface area contributed by atoms with Crippen molar-refractivity contribution in [2.24, 2.45) is 11.5 Å². The van der Waals surface area contributed by atoms with E-state index in [1.165, 1.54) is 167 Å². The van der Waals surface area contributed by atoms with Gasteiger partial charge in [0.05, 0.1) is 0 Å². The maximum absolute atomic E-state index is 10.6. The fraction of sp³-hybridized carbons (Fsp3) is 0.800. The van der Waals surface area contributed by atoms with Crippen molar-refractivity contribution in [1.29, 1.82) is 0 Å². The molecule has 54 heavy (non-hydrogen) atoms. The third-order valence-corrected chi connectivity index (χ3v) is 9.74. The van der Waals surface area contributed by atoms with Crippen LogP contribution in [0.15, 0.2) is 0 Å². The molecule has 0 aliphatic carbocycles. The molecule has 0 atom stereocenters. The van der Waals surface area contributed by atoms with Crippen LogP contribution < -0.4 is 11.5 Å². The zero-order valence-corrected chi connectivity index (χ0v) is 35.8. The van der Waals surface area contributed by atoms with Crippen molar-refractivity contribution >= 4 is 11.8 Å². The van der Waals surface area contributed by atoms with Crippen molar-refractivity contribution in [3.63, 3.8) is 0 Å². The van der Waals surface area contributed by atoms with E-state index < -0.39 is 0 Å². The SMILES string of the molecule is CCCCCCCCCCCCC#CC#CCCCCCCCCC(N)=O.CCCCCCCCCCCCC#CC#CCCCCCCCCC(N)=O. The number of amides is 2. The Labute approximate surface area is 337 Å². The smallest absolute Gasteiger partial charge is 0.217 e. The van der Waals surface area contributed by atoms with Gasteiger partial charge >= 0.3 is 0 Å². The minimum absolute atomic E-state index is 0.181. The lowest BCUT2D eigenvalue weighted by molar-refractivity contribution is -0.119. The Morgan fingerprint density at radius 3 is 0.685 bits per heavy atom. The molecule has 0 radical (unpaired) electrons. The average molecular weight is 747 g/mol. The first kappa shape index (κ1) is 53.3. The Kier molecular flexibility index (Phi) is 49.5. The summed E-state index contributed by atoms with van der Waals surface area (Å²) >= 11 is 0. The molecule has 0 rings (SSSR count). The fourth-order valence-corrected chi connectivity index (χ4v) is 6.27. The van der Waals surface area contributed by atoms with Gasteiger partial charge < -0.3 is 11.5 Å². The van der Waals surface area contributed by atoms with Gasteiger partial charge in [-0.1, -0.05) is 204 Å². The summed E-state index contributed by atoms with van der Waals surface area (Å²) < 4.78 is 0. The molecule has 4 heteroatoms. The first-order valence-electron chi connectivity index (χ1n) is 23.0. The molecule has 0 unspecified atom stereocenters. The van der Waals surface area contributed by atoms with Gasteiger partial charge in [-0.05, 0) is 62.2 Å². The lowest BCUT2D eigenvalue weighted by Gasteiger charge is -2.00. The van der Waals surface area contributed by atoms with Crippen molar-refractivity contribution in [3.8, 4) is 47.4 Å². The first-order chi connectivity index (χ1) is 26.5. The monoisotopic (exact) mass is 747 g/mol. The molecule has 0 aromatic carbocycles. The Hall–Kier alpha value is -2.82. The van der Waals surface area contributed by atoms with Crippen molar-refractivity contribution in [2.45, 2.75) is 258 Å². The van der Waals surface area contributed by atoms with Gasteiger partial charge in [-0.3, -0.25) is 9.59 Å². The molecule has 0 fully saturated rings. The second-order valence-corrected chi connectivity index (χ2v) is 15.2. The molecule has 0 aromatic rings. The predicted molar refractivity (Wildman–Crippen MR) is 236 cm³/mol. The van der Waals surface area contributed by atoms with Crippen molar-refractivity contribution < 1.29 is 9.59 Å². The zero-order chi connectivity index (χ0) is 39.7. The van der Waals surface area contributed by atoms with Gasteiger partial charge in [0, 0.05) is 38.5 Å². The molecule has 4 nitrogen and oxygen atoms in total. The number of primary amides is 2. The number of rotatable bonds is 36. The highest BCUT2D eigenvalue weighted by Gasteiger charge is 1.96. The van der Waals surface area contributed by atoms with Crippen LogP contribution in [0.4, 0.5) is 0 Å². The van der Waals surface area contributed by atoms with Gasteiger partial charge in [0.2, 0.25) is 11.8 Å². The number of carbonyl (C=O) groups is 2. The van der Waals surface area contributed by atoms with Crippen LogP contribution in [0.25, 0.3) is 0 Å². The van der Waals surface area contributed by atoms with E-state index in [1.54, 1.807) is 0 Å². The molecule has 308 valence electrons. The Morgan fingerprint density at radius 1 is 0.296 bits per heavy atom. The van der Waals surface area contributed by atoms with Crippen LogP contribution in [0.2, 0.25) is 0 Å². The predicted octanol–water partition coefficient (Wildman–Crippen LogP) is 13.8. The largest absolute Gasteiger partial charge is 0.370 e. The van der Waals surface area contributed by atoms with E-state index in [0.717, 1.165) is 64.2 Å². The second-order valence-electron chi connectivity index (χ2n) is 15.2. The summed E-state index contributed by atoms with van der Waals surface area (Å²) in [5.74, 6) is 24.3. The first-order valence-corrected chi connectivity index (χ1v) is 23.0. The summed E-state index contributed by atoms with van der Waals surface area (Å²) in [6.07, 6.45) is 46.1. The molecule has 0 aliphatic heterocycles. The minimum atomic E-state index is -0.181. The highest BCUT2D eigenvalue weighted by atomic mass is 16.1. The fourth-order valence-electron chi connectivity index (χ4n) is 6.27. The molecule has 2 amide bonds. The summed E-state index contributed by atoms with van der Waals surface area (Å²) in [5, 5.41) is 0. The summed E-state index contributed by atoms with van der Waals surface area (Å²) in [4.78, 5) is 21.2. The van der Waals surface area contributed by atoms with Gasteiger partial charge in [-0.25, -0.2) is 0 Å². The highest BCUT2D eigenvalue weighted by molar-refractivity contribution is 5.73. The normalized spacial score (nSPS) is 9.96. The molecule has 4 N–H and O–H groups in total. The molecule has 0 aliphatic rings. The van der Waals surface area contributed by atoms with E-state index in [1.807, 2.05) is 0 Å². The van der Waals surface area contributed by atoms with Gasteiger partial charge in [0.1, 0.15) is 0 Å². The molecule has 0 heterocycles. The van der Waals surface area contributed by atoms with E-state index in [2.05, 4.69) is 61.2 Å². The molecule has 0 saturated heterocycles. The number of hydrogen-bond donors (Lipinski definition) is 2. The number of hydrogen-bond acceptors (Lipinski definition) is 2. The maximum atomic E-state index is 10.6. The van der Waals surface area contributed by atoms with E-state index >= 15 is 0 Å². The topological polar surface area (TPSA) is 86.2 Å². The van der Waals surface area contributed by atoms with Gasteiger partial charge in [0.15, 0.2) is 0 Å². The lowest BCUT2D eigenvalue weighted by atomic mass is 10.1. The Bertz CT molecular complexity index is 979. The standard InChI is InChI=1S/2C25H43NO/c2*1-2-3-4-5-6-7-8-9-10-11-12-13-14-15-16-17-18-19-20-21-22-23-24-25(26)27/h2*2-12,17-24H2,1H3,(H2,26,27). The van der Waals surface area contributed by atoms with Crippen molar-refractivity contribution in [2.75, 3.05) is 0 Å². The van der Waals surface area contributed by atoms with E-state index in [-0.39, 0.29) is 11.8 Å². The van der Waals surface area contributed by atoms with Crippen molar-refractivity contribution in [3.05, 3.63) is 0 Å². The maximum Gasteiger partial charge on any atom is 0.217 e. The lowest BCUT2D eigenvalue weighted by Crippen LogP contribution is -2.09. The highest BCUT2D eigenvalue weighted by Crippen LogP contribution is 2.13. The molecule has 0 spiro atoms. The third-order valence-electron chi connectivity index (χ3n) is 9.74.